The monoisotopic (exact) mass is 258 g/mol. The number of esters is 1. The molecule has 2 N–H and O–H groups in total. The van der Waals surface area contributed by atoms with Crippen molar-refractivity contribution in [3.63, 3.8) is 0 Å². The molecular weight excluding hydrogens is 236 g/mol. The van der Waals surface area contributed by atoms with Gasteiger partial charge in [-0.05, 0) is 26.3 Å². The molecule has 0 spiro atoms. The summed E-state index contributed by atoms with van der Waals surface area (Å²) in [5.41, 5.74) is 5.30. The number of carbonyl (C=O) groups is 2. The fourth-order valence-electron chi connectivity index (χ4n) is 2.04. The van der Waals surface area contributed by atoms with Crippen LogP contribution in [-0.2, 0) is 19.1 Å². The minimum atomic E-state index is -0.342. The van der Waals surface area contributed by atoms with Crippen LogP contribution in [0.5, 0.6) is 0 Å². The maximum absolute atomic E-state index is 11.1. The molecular formula is C12H22N2O4. The average molecular weight is 258 g/mol. The average Bonchev–Trinajstić information content (AvgIpc) is 2.35. The van der Waals surface area contributed by atoms with E-state index in [4.69, 9.17) is 15.2 Å². The Labute approximate surface area is 107 Å². The van der Waals surface area contributed by atoms with E-state index in [2.05, 4.69) is 4.90 Å². The largest absolute Gasteiger partial charge is 0.464 e. The molecule has 1 saturated heterocycles. The number of carbonyl (C=O) groups excluding carboxylic acids is 2. The molecule has 1 atom stereocenters. The van der Waals surface area contributed by atoms with Crippen molar-refractivity contribution in [2.75, 3.05) is 39.5 Å². The summed E-state index contributed by atoms with van der Waals surface area (Å²) in [5.74, 6) is -0.623. The second-order valence-corrected chi connectivity index (χ2v) is 4.40. The summed E-state index contributed by atoms with van der Waals surface area (Å²) in [5, 5.41) is 0. The highest BCUT2D eigenvalue weighted by atomic mass is 16.6. The maximum Gasteiger partial charge on any atom is 0.332 e. The second-order valence-electron chi connectivity index (χ2n) is 4.40. The molecule has 1 heterocycles. The summed E-state index contributed by atoms with van der Waals surface area (Å²) in [7, 11) is 0. The third-order valence-corrected chi connectivity index (χ3v) is 2.98. The van der Waals surface area contributed by atoms with Crippen LogP contribution in [0.2, 0.25) is 0 Å². The molecule has 0 aromatic rings. The first-order valence-electron chi connectivity index (χ1n) is 6.38. The van der Waals surface area contributed by atoms with E-state index in [1.807, 2.05) is 0 Å². The molecule has 0 bridgehead atoms. The molecule has 0 aromatic heterocycles. The third-order valence-electron chi connectivity index (χ3n) is 2.98. The van der Waals surface area contributed by atoms with Crippen LogP contribution >= 0.6 is 0 Å². The van der Waals surface area contributed by atoms with E-state index >= 15 is 0 Å². The predicted octanol–water partition coefficient (Wildman–Crippen LogP) is -0.237. The van der Waals surface area contributed by atoms with Crippen LogP contribution in [0.3, 0.4) is 0 Å². The number of hydrogen-bond acceptors (Lipinski definition) is 5. The zero-order chi connectivity index (χ0) is 13.4. The van der Waals surface area contributed by atoms with Crippen molar-refractivity contribution in [1.82, 2.24) is 4.90 Å². The first kappa shape index (κ1) is 14.9. The van der Waals surface area contributed by atoms with Gasteiger partial charge in [0.15, 0.2) is 0 Å². The Morgan fingerprint density at radius 2 is 2.22 bits per heavy atom. The molecule has 6 nitrogen and oxygen atoms in total. The smallest absolute Gasteiger partial charge is 0.332 e. The van der Waals surface area contributed by atoms with E-state index < -0.39 is 0 Å². The number of nitrogens with two attached hydrogens (primary N) is 1. The zero-order valence-corrected chi connectivity index (χ0v) is 10.9. The lowest BCUT2D eigenvalue weighted by Gasteiger charge is -2.30. The number of primary amides is 1. The number of nitrogens with zero attached hydrogens (tertiary/aromatic N) is 1. The molecule has 0 aromatic carbocycles. The summed E-state index contributed by atoms with van der Waals surface area (Å²) < 4.78 is 9.96. The number of hydrogen-bond donors (Lipinski definition) is 1. The molecule has 6 heteroatoms. The molecule has 1 fully saturated rings. The van der Waals surface area contributed by atoms with Crippen molar-refractivity contribution in [2.24, 2.45) is 11.7 Å². The first-order valence-corrected chi connectivity index (χ1v) is 6.38. The van der Waals surface area contributed by atoms with E-state index in [1.54, 1.807) is 6.92 Å². The molecule has 104 valence electrons. The minimum Gasteiger partial charge on any atom is -0.464 e. The predicted molar refractivity (Wildman–Crippen MR) is 65.8 cm³/mol. The topological polar surface area (TPSA) is 81.9 Å². The highest BCUT2D eigenvalue weighted by Gasteiger charge is 2.23. The van der Waals surface area contributed by atoms with E-state index in [-0.39, 0.29) is 24.4 Å². The maximum atomic E-state index is 11.1. The van der Waals surface area contributed by atoms with Gasteiger partial charge in [-0.2, -0.15) is 0 Å². The zero-order valence-electron chi connectivity index (χ0n) is 10.9. The van der Waals surface area contributed by atoms with Crippen molar-refractivity contribution in [2.45, 2.75) is 19.8 Å². The molecule has 1 unspecified atom stereocenters. The van der Waals surface area contributed by atoms with Crippen molar-refractivity contribution < 1.29 is 19.1 Å². The van der Waals surface area contributed by atoms with Gasteiger partial charge in [0.1, 0.15) is 6.61 Å². The van der Waals surface area contributed by atoms with Crippen LogP contribution in [0, 0.1) is 5.92 Å². The van der Waals surface area contributed by atoms with Gasteiger partial charge in [0, 0.05) is 13.1 Å². The van der Waals surface area contributed by atoms with E-state index in [1.165, 1.54) is 0 Å². The number of likely N-dealkylation sites (tertiary alicyclic amines) is 1. The van der Waals surface area contributed by atoms with Crippen LogP contribution < -0.4 is 5.73 Å². The van der Waals surface area contributed by atoms with Gasteiger partial charge in [-0.3, -0.25) is 4.79 Å². The van der Waals surface area contributed by atoms with Crippen molar-refractivity contribution in [3.05, 3.63) is 0 Å². The Bertz CT molecular complexity index is 283. The van der Waals surface area contributed by atoms with Crippen LogP contribution in [-0.4, -0.2) is 56.2 Å². The first-order chi connectivity index (χ1) is 8.63. The molecule has 0 aliphatic carbocycles. The standard InChI is InChI=1S/C12H22N2O4/c1-2-18-11(15)9-17-7-6-14-5-3-4-10(8-14)12(13)16/h10H,2-9H2,1H3,(H2,13,16). The van der Waals surface area contributed by atoms with Gasteiger partial charge in [-0.15, -0.1) is 0 Å². The highest BCUT2D eigenvalue weighted by molar-refractivity contribution is 5.76. The fraction of sp³-hybridized carbons (Fsp3) is 0.833. The lowest BCUT2D eigenvalue weighted by atomic mass is 9.98. The molecule has 1 aliphatic heterocycles. The quantitative estimate of drug-likeness (QED) is 0.503. The van der Waals surface area contributed by atoms with Crippen LogP contribution in [0.4, 0.5) is 0 Å². The lowest BCUT2D eigenvalue weighted by Crippen LogP contribution is -2.42. The third kappa shape index (κ3) is 5.46. The minimum absolute atomic E-state index is 0.0130. The fourth-order valence-corrected chi connectivity index (χ4v) is 2.04. The SMILES string of the molecule is CCOC(=O)COCCN1CCCC(C(N)=O)C1. The van der Waals surface area contributed by atoms with Gasteiger partial charge in [0.25, 0.3) is 0 Å². The number of piperidine rings is 1. The number of amides is 1. The van der Waals surface area contributed by atoms with Crippen LogP contribution in [0.15, 0.2) is 0 Å². The second kappa shape index (κ2) is 8.05. The molecule has 0 saturated carbocycles. The van der Waals surface area contributed by atoms with Crippen LogP contribution in [0.25, 0.3) is 0 Å². The van der Waals surface area contributed by atoms with E-state index in [0.29, 0.717) is 26.3 Å². The Kier molecular flexibility index (Phi) is 6.67. The summed E-state index contributed by atoms with van der Waals surface area (Å²) in [6.07, 6.45) is 1.85. The number of rotatable bonds is 7. The van der Waals surface area contributed by atoms with E-state index in [0.717, 1.165) is 19.4 Å². The molecule has 1 amide bonds. The molecule has 1 aliphatic rings. The summed E-state index contributed by atoms with van der Waals surface area (Å²) in [6.45, 7) is 4.93. The van der Waals surface area contributed by atoms with Gasteiger partial charge in [0.05, 0.1) is 19.1 Å². The molecule has 18 heavy (non-hydrogen) atoms. The Balaban J connectivity index is 2.11. The van der Waals surface area contributed by atoms with Gasteiger partial charge in [0.2, 0.25) is 5.91 Å². The highest BCUT2D eigenvalue weighted by Crippen LogP contribution is 2.15. The van der Waals surface area contributed by atoms with Gasteiger partial charge in [-0.1, -0.05) is 0 Å². The molecule has 0 radical (unpaired) electrons. The summed E-state index contributed by atoms with van der Waals surface area (Å²) in [4.78, 5) is 24.3. The lowest BCUT2D eigenvalue weighted by molar-refractivity contribution is -0.148. The van der Waals surface area contributed by atoms with Gasteiger partial charge >= 0.3 is 5.97 Å². The van der Waals surface area contributed by atoms with Gasteiger partial charge < -0.3 is 20.1 Å². The Hall–Kier alpha value is -1.14. The van der Waals surface area contributed by atoms with Crippen molar-refractivity contribution in [3.8, 4) is 0 Å². The summed E-state index contributed by atoms with van der Waals surface area (Å²) in [6, 6.07) is 0. The Morgan fingerprint density at radius 3 is 2.89 bits per heavy atom. The Morgan fingerprint density at radius 1 is 1.44 bits per heavy atom. The van der Waals surface area contributed by atoms with Crippen molar-refractivity contribution >= 4 is 11.9 Å². The van der Waals surface area contributed by atoms with Gasteiger partial charge in [-0.25, -0.2) is 4.79 Å². The molecule has 1 rings (SSSR count). The van der Waals surface area contributed by atoms with Crippen molar-refractivity contribution in [1.29, 1.82) is 0 Å². The van der Waals surface area contributed by atoms with E-state index in [9.17, 15) is 9.59 Å². The summed E-state index contributed by atoms with van der Waals surface area (Å²) >= 11 is 0. The number of ether oxygens (including phenoxy) is 2. The normalized spacial score (nSPS) is 20.6. The van der Waals surface area contributed by atoms with Crippen LogP contribution in [0.1, 0.15) is 19.8 Å².